The van der Waals surface area contributed by atoms with Crippen molar-refractivity contribution in [2.45, 2.75) is 25.9 Å². The highest BCUT2D eigenvalue weighted by Gasteiger charge is 2.25. The Hall–Kier alpha value is -2.24. The third-order valence-corrected chi connectivity index (χ3v) is 5.00. The van der Waals surface area contributed by atoms with Gasteiger partial charge in [0.05, 0.1) is 23.6 Å². The van der Waals surface area contributed by atoms with E-state index in [1.807, 2.05) is 24.3 Å². The lowest BCUT2D eigenvalue weighted by atomic mass is 10.1. The van der Waals surface area contributed by atoms with Crippen molar-refractivity contribution in [1.82, 2.24) is 10.2 Å². The summed E-state index contributed by atoms with van der Waals surface area (Å²) < 4.78 is 5.16. The maximum atomic E-state index is 12.9. The van der Waals surface area contributed by atoms with Crippen LogP contribution in [0.1, 0.15) is 18.1 Å². The minimum absolute atomic E-state index is 0.119. The van der Waals surface area contributed by atoms with Gasteiger partial charge < -0.3 is 15.0 Å². The van der Waals surface area contributed by atoms with Gasteiger partial charge in [-0.25, -0.2) is 0 Å². The first-order chi connectivity index (χ1) is 12.8. The Morgan fingerprint density at radius 3 is 2.26 bits per heavy atom. The van der Waals surface area contributed by atoms with Gasteiger partial charge in [0.1, 0.15) is 11.8 Å². The maximum absolute atomic E-state index is 12.9. The van der Waals surface area contributed by atoms with Crippen LogP contribution in [0, 0.1) is 0 Å². The van der Waals surface area contributed by atoms with Gasteiger partial charge in [0, 0.05) is 13.6 Å². The molecule has 0 saturated carbocycles. The molecule has 144 valence electrons. The lowest BCUT2D eigenvalue weighted by molar-refractivity contribution is -0.139. The molecule has 1 unspecified atom stereocenters. The first kappa shape index (κ1) is 21.1. The summed E-state index contributed by atoms with van der Waals surface area (Å²) in [6.45, 7) is 2.01. The van der Waals surface area contributed by atoms with Gasteiger partial charge >= 0.3 is 0 Å². The second kappa shape index (κ2) is 9.62. The molecule has 0 heterocycles. The summed E-state index contributed by atoms with van der Waals surface area (Å²) in [5, 5.41) is 3.42. The van der Waals surface area contributed by atoms with E-state index in [2.05, 4.69) is 5.32 Å². The van der Waals surface area contributed by atoms with Crippen molar-refractivity contribution in [1.29, 1.82) is 0 Å². The van der Waals surface area contributed by atoms with Crippen molar-refractivity contribution in [2.24, 2.45) is 0 Å². The van der Waals surface area contributed by atoms with Crippen LogP contribution in [0.3, 0.4) is 0 Å². The fraction of sp³-hybridized carbons (Fsp3) is 0.300. The molecule has 1 atom stereocenters. The van der Waals surface area contributed by atoms with E-state index in [1.165, 1.54) is 0 Å². The number of likely N-dealkylation sites (N-methyl/N-ethyl adjacent to an activating group) is 1. The molecule has 0 aliphatic rings. The SMILES string of the molecule is CNC(=O)C(C)N(Cc1ccc(OC)cc1)C(=O)Cc1ccc(Cl)c(Cl)c1. The zero-order chi connectivity index (χ0) is 20.0. The Morgan fingerprint density at radius 1 is 1.07 bits per heavy atom. The second-order valence-corrected chi connectivity index (χ2v) is 6.90. The molecule has 0 radical (unpaired) electrons. The molecule has 5 nitrogen and oxygen atoms in total. The van der Waals surface area contributed by atoms with Crippen LogP contribution in [0.2, 0.25) is 10.0 Å². The monoisotopic (exact) mass is 408 g/mol. The fourth-order valence-corrected chi connectivity index (χ4v) is 2.97. The van der Waals surface area contributed by atoms with Crippen molar-refractivity contribution in [2.75, 3.05) is 14.2 Å². The Labute approximate surface area is 169 Å². The molecule has 27 heavy (non-hydrogen) atoms. The Morgan fingerprint density at radius 2 is 1.70 bits per heavy atom. The number of rotatable bonds is 7. The van der Waals surface area contributed by atoms with Crippen LogP contribution in [-0.2, 0) is 22.6 Å². The molecule has 2 aromatic rings. The number of nitrogens with one attached hydrogen (secondary N) is 1. The quantitative estimate of drug-likeness (QED) is 0.759. The van der Waals surface area contributed by atoms with Gasteiger partial charge in [-0.1, -0.05) is 41.4 Å². The average Bonchev–Trinajstić information content (AvgIpc) is 2.68. The topological polar surface area (TPSA) is 58.6 Å². The van der Waals surface area contributed by atoms with Crippen LogP contribution in [-0.4, -0.2) is 36.9 Å². The summed E-state index contributed by atoms with van der Waals surface area (Å²) in [5.41, 5.74) is 1.63. The number of halogens is 2. The van der Waals surface area contributed by atoms with Crippen molar-refractivity contribution in [3.63, 3.8) is 0 Å². The van der Waals surface area contributed by atoms with E-state index in [9.17, 15) is 9.59 Å². The minimum atomic E-state index is -0.618. The predicted octanol–water partition coefficient (Wildman–Crippen LogP) is 3.71. The summed E-state index contributed by atoms with van der Waals surface area (Å²) in [6, 6.07) is 11.8. The largest absolute Gasteiger partial charge is 0.497 e. The number of nitrogens with zero attached hydrogens (tertiary/aromatic N) is 1. The summed E-state index contributed by atoms with van der Waals surface area (Å²) >= 11 is 12.0. The van der Waals surface area contributed by atoms with Crippen molar-refractivity contribution in [3.8, 4) is 5.75 Å². The Balaban J connectivity index is 2.22. The normalized spacial score (nSPS) is 11.6. The third kappa shape index (κ3) is 5.62. The predicted molar refractivity (Wildman–Crippen MR) is 107 cm³/mol. The smallest absolute Gasteiger partial charge is 0.242 e. The Kier molecular flexibility index (Phi) is 7.51. The molecular formula is C20H22Cl2N2O3. The van der Waals surface area contributed by atoms with Gasteiger partial charge in [0.15, 0.2) is 0 Å². The van der Waals surface area contributed by atoms with Crippen molar-refractivity contribution < 1.29 is 14.3 Å². The molecular weight excluding hydrogens is 387 g/mol. The van der Waals surface area contributed by atoms with Crippen LogP contribution in [0.5, 0.6) is 5.75 Å². The highest BCUT2D eigenvalue weighted by Crippen LogP contribution is 2.23. The van der Waals surface area contributed by atoms with Gasteiger partial charge in [-0.3, -0.25) is 9.59 Å². The van der Waals surface area contributed by atoms with Crippen LogP contribution in [0.15, 0.2) is 42.5 Å². The number of carbonyl (C=O) groups is 2. The highest BCUT2D eigenvalue weighted by atomic mass is 35.5. The number of amides is 2. The highest BCUT2D eigenvalue weighted by molar-refractivity contribution is 6.42. The van der Waals surface area contributed by atoms with E-state index in [1.54, 1.807) is 44.2 Å². The zero-order valence-corrected chi connectivity index (χ0v) is 17.0. The number of benzene rings is 2. The molecule has 2 amide bonds. The number of ether oxygens (including phenoxy) is 1. The second-order valence-electron chi connectivity index (χ2n) is 6.09. The lowest BCUT2D eigenvalue weighted by Gasteiger charge is -2.28. The first-order valence-corrected chi connectivity index (χ1v) is 9.19. The Bertz CT molecular complexity index is 809. The molecule has 2 rings (SSSR count). The van der Waals surface area contributed by atoms with Gasteiger partial charge in [-0.2, -0.15) is 0 Å². The number of hydrogen-bond donors (Lipinski definition) is 1. The van der Waals surface area contributed by atoms with Gasteiger partial charge in [0.25, 0.3) is 0 Å². The van der Waals surface area contributed by atoms with Gasteiger partial charge in [-0.15, -0.1) is 0 Å². The third-order valence-electron chi connectivity index (χ3n) is 4.27. The zero-order valence-electron chi connectivity index (χ0n) is 15.5. The number of methoxy groups -OCH3 is 1. The van der Waals surface area contributed by atoms with E-state index in [0.717, 1.165) is 16.9 Å². The van der Waals surface area contributed by atoms with E-state index >= 15 is 0 Å². The van der Waals surface area contributed by atoms with Crippen LogP contribution in [0.25, 0.3) is 0 Å². The van der Waals surface area contributed by atoms with E-state index in [-0.39, 0.29) is 18.2 Å². The van der Waals surface area contributed by atoms with Crippen molar-refractivity contribution in [3.05, 3.63) is 63.6 Å². The average molecular weight is 409 g/mol. The summed E-state index contributed by atoms with van der Waals surface area (Å²) in [5.74, 6) is 0.318. The molecule has 0 saturated heterocycles. The minimum Gasteiger partial charge on any atom is -0.497 e. The van der Waals surface area contributed by atoms with Crippen LogP contribution in [0.4, 0.5) is 0 Å². The number of carbonyl (C=O) groups excluding carboxylic acids is 2. The lowest BCUT2D eigenvalue weighted by Crippen LogP contribution is -2.47. The van der Waals surface area contributed by atoms with Crippen molar-refractivity contribution >= 4 is 35.0 Å². The van der Waals surface area contributed by atoms with E-state index in [4.69, 9.17) is 27.9 Å². The molecule has 0 bridgehead atoms. The first-order valence-electron chi connectivity index (χ1n) is 8.43. The van der Waals surface area contributed by atoms with Crippen LogP contribution >= 0.6 is 23.2 Å². The summed E-state index contributed by atoms with van der Waals surface area (Å²) in [6.07, 6.45) is 0.119. The number of hydrogen-bond acceptors (Lipinski definition) is 3. The standard InChI is InChI=1S/C20H22Cl2N2O3/c1-13(20(26)23-2)24(12-14-4-7-16(27-3)8-5-14)19(25)11-15-6-9-17(21)18(22)10-15/h4-10,13H,11-12H2,1-3H3,(H,23,26). The summed E-state index contributed by atoms with van der Waals surface area (Å²) in [4.78, 5) is 26.6. The van der Waals surface area contributed by atoms with E-state index in [0.29, 0.717) is 16.6 Å². The van der Waals surface area contributed by atoms with Gasteiger partial charge in [0.2, 0.25) is 11.8 Å². The molecule has 0 spiro atoms. The molecule has 0 aromatic heterocycles. The molecule has 0 aliphatic heterocycles. The van der Waals surface area contributed by atoms with E-state index < -0.39 is 6.04 Å². The molecule has 0 fully saturated rings. The molecule has 0 aliphatic carbocycles. The summed E-state index contributed by atoms with van der Waals surface area (Å²) in [7, 11) is 3.14. The fourth-order valence-electron chi connectivity index (χ4n) is 2.64. The van der Waals surface area contributed by atoms with Crippen LogP contribution < -0.4 is 10.1 Å². The molecule has 2 aromatic carbocycles. The molecule has 7 heteroatoms. The molecule has 1 N–H and O–H groups in total. The van der Waals surface area contributed by atoms with Gasteiger partial charge in [-0.05, 0) is 42.3 Å². The maximum Gasteiger partial charge on any atom is 0.242 e.